The van der Waals surface area contributed by atoms with Crippen LogP contribution in [0.4, 0.5) is 4.39 Å². The second-order valence-corrected chi connectivity index (χ2v) is 6.81. The smallest absolute Gasteiger partial charge is 0.249 e. The Morgan fingerprint density at radius 2 is 2.22 bits per heavy atom. The molecule has 1 aromatic heterocycles. The molecule has 1 aromatic carbocycles. The summed E-state index contributed by atoms with van der Waals surface area (Å²) in [5.41, 5.74) is 2.01. The Morgan fingerprint density at radius 3 is 2.91 bits per heavy atom. The first-order chi connectivity index (χ1) is 11.1. The standard InChI is InChI=1S/C17H19FN2O2S/c1-11-15(9-12-4-6-13(18)7-5-12)23-16(20-11)10-19-17(21)14-3-2-8-22-14/h4-7,14H,2-3,8-10H2,1H3,(H,19,21). The summed E-state index contributed by atoms with van der Waals surface area (Å²) in [6, 6.07) is 6.50. The minimum atomic E-state index is -0.310. The van der Waals surface area contributed by atoms with Gasteiger partial charge in [-0.25, -0.2) is 9.37 Å². The molecule has 3 rings (SSSR count). The van der Waals surface area contributed by atoms with Gasteiger partial charge >= 0.3 is 0 Å². The van der Waals surface area contributed by atoms with E-state index < -0.39 is 0 Å². The van der Waals surface area contributed by atoms with Crippen LogP contribution in [0.3, 0.4) is 0 Å². The molecule has 1 atom stereocenters. The normalized spacial score (nSPS) is 17.4. The highest BCUT2D eigenvalue weighted by Crippen LogP contribution is 2.22. The fourth-order valence-corrected chi connectivity index (χ4v) is 3.62. The largest absolute Gasteiger partial charge is 0.368 e. The third-order valence-electron chi connectivity index (χ3n) is 3.85. The number of hydrogen-bond acceptors (Lipinski definition) is 4. The number of thiazole rings is 1. The first-order valence-electron chi connectivity index (χ1n) is 7.71. The molecule has 122 valence electrons. The molecular weight excluding hydrogens is 315 g/mol. The Kier molecular flexibility index (Phi) is 5.03. The van der Waals surface area contributed by atoms with Gasteiger partial charge in [-0.2, -0.15) is 0 Å². The summed E-state index contributed by atoms with van der Waals surface area (Å²) in [6.07, 6.45) is 2.15. The predicted molar refractivity (Wildman–Crippen MR) is 86.9 cm³/mol. The average molecular weight is 334 g/mol. The van der Waals surface area contributed by atoms with Crippen molar-refractivity contribution in [1.29, 1.82) is 0 Å². The van der Waals surface area contributed by atoms with Crippen LogP contribution in [-0.4, -0.2) is 23.6 Å². The average Bonchev–Trinajstić information content (AvgIpc) is 3.18. The lowest BCUT2D eigenvalue weighted by molar-refractivity contribution is -0.130. The highest BCUT2D eigenvalue weighted by Gasteiger charge is 2.23. The summed E-state index contributed by atoms with van der Waals surface area (Å²) < 4.78 is 18.3. The molecular formula is C17H19FN2O2S. The fraction of sp³-hybridized carbons (Fsp3) is 0.412. The van der Waals surface area contributed by atoms with Crippen molar-refractivity contribution in [3.63, 3.8) is 0 Å². The minimum Gasteiger partial charge on any atom is -0.368 e. The van der Waals surface area contributed by atoms with E-state index >= 15 is 0 Å². The molecule has 0 bridgehead atoms. The Hall–Kier alpha value is -1.79. The number of halogens is 1. The minimum absolute atomic E-state index is 0.0598. The molecule has 0 spiro atoms. The van der Waals surface area contributed by atoms with Gasteiger partial charge in [0.25, 0.3) is 0 Å². The molecule has 1 amide bonds. The Bertz CT molecular complexity index is 678. The number of carbonyl (C=O) groups excluding carboxylic acids is 1. The number of rotatable bonds is 5. The maximum atomic E-state index is 13.0. The van der Waals surface area contributed by atoms with Crippen LogP contribution in [0, 0.1) is 12.7 Å². The lowest BCUT2D eigenvalue weighted by Crippen LogP contribution is -2.33. The second kappa shape index (κ2) is 7.19. The highest BCUT2D eigenvalue weighted by molar-refractivity contribution is 7.11. The van der Waals surface area contributed by atoms with E-state index in [2.05, 4.69) is 10.3 Å². The lowest BCUT2D eigenvalue weighted by atomic mass is 10.1. The Labute approximate surface area is 138 Å². The van der Waals surface area contributed by atoms with Crippen molar-refractivity contribution >= 4 is 17.2 Å². The van der Waals surface area contributed by atoms with Gasteiger partial charge in [0.15, 0.2) is 0 Å². The monoisotopic (exact) mass is 334 g/mol. The number of hydrogen-bond donors (Lipinski definition) is 1. The number of amides is 1. The second-order valence-electron chi connectivity index (χ2n) is 5.64. The van der Waals surface area contributed by atoms with Gasteiger partial charge in [0.1, 0.15) is 16.9 Å². The summed E-state index contributed by atoms with van der Waals surface area (Å²) in [5.74, 6) is -0.289. The van der Waals surface area contributed by atoms with E-state index in [1.165, 1.54) is 12.1 Å². The summed E-state index contributed by atoms with van der Waals surface area (Å²) in [4.78, 5) is 17.6. The molecule has 2 heterocycles. The number of aromatic nitrogens is 1. The van der Waals surface area contributed by atoms with Gasteiger partial charge in [0, 0.05) is 17.9 Å². The third kappa shape index (κ3) is 4.14. The molecule has 1 unspecified atom stereocenters. The van der Waals surface area contributed by atoms with Gasteiger partial charge in [-0.3, -0.25) is 4.79 Å². The third-order valence-corrected chi connectivity index (χ3v) is 5.01. The van der Waals surface area contributed by atoms with Crippen molar-refractivity contribution in [2.75, 3.05) is 6.61 Å². The van der Waals surface area contributed by atoms with E-state index in [9.17, 15) is 9.18 Å². The summed E-state index contributed by atoms with van der Waals surface area (Å²) in [7, 11) is 0. The van der Waals surface area contributed by atoms with E-state index in [1.54, 1.807) is 23.5 Å². The van der Waals surface area contributed by atoms with Crippen molar-refractivity contribution in [2.45, 2.75) is 38.8 Å². The molecule has 0 aliphatic carbocycles. The number of carbonyl (C=O) groups is 1. The van der Waals surface area contributed by atoms with Crippen LogP contribution in [-0.2, 0) is 22.5 Å². The number of ether oxygens (including phenoxy) is 1. The SMILES string of the molecule is Cc1nc(CNC(=O)C2CCCO2)sc1Cc1ccc(F)cc1. The van der Waals surface area contributed by atoms with Crippen LogP contribution < -0.4 is 5.32 Å². The van der Waals surface area contributed by atoms with Gasteiger partial charge in [0.2, 0.25) is 5.91 Å². The molecule has 0 radical (unpaired) electrons. The van der Waals surface area contributed by atoms with Crippen molar-refractivity contribution in [1.82, 2.24) is 10.3 Å². The van der Waals surface area contributed by atoms with Crippen LogP contribution in [0.25, 0.3) is 0 Å². The van der Waals surface area contributed by atoms with Gasteiger partial charge in [-0.05, 0) is 37.5 Å². The fourth-order valence-electron chi connectivity index (χ4n) is 2.58. The van der Waals surface area contributed by atoms with Crippen LogP contribution in [0.2, 0.25) is 0 Å². The molecule has 1 fully saturated rings. The van der Waals surface area contributed by atoms with Crippen LogP contribution in [0.1, 0.15) is 34.0 Å². The molecule has 6 heteroatoms. The molecule has 0 saturated carbocycles. The predicted octanol–water partition coefficient (Wildman–Crippen LogP) is 2.98. The molecule has 2 aromatic rings. The molecule has 1 aliphatic heterocycles. The first kappa shape index (κ1) is 16.1. The quantitative estimate of drug-likeness (QED) is 0.914. The van der Waals surface area contributed by atoms with Crippen molar-refractivity contribution in [3.05, 3.63) is 51.2 Å². The van der Waals surface area contributed by atoms with Crippen LogP contribution in [0.15, 0.2) is 24.3 Å². The number of benzene rings is 1. The summed E-state index contributed by atoms with van der Waals surface area (Å²) in [6.45, 7) is 3.05. The molecule has 1 aliphatic rings. The van der Waals surface area contributed by atoms with Crippen molar-refractivity contribution in [2.24, 2.45) is 0 Å². The summed E-state index contributed by atoms with van der Waals surface area (Å²) >= 11 is 1.58. The maximum absolute atomic E-state index is 13.0. The van der Waals surface area contributed by atoms with E-state index in [0.29, 0.717) is 13.2 Å². The van der Waals surface area contributed by atoms with Gasteiger partial charge < -0.3 is 10.1 Å². The van der Waals surface area contributed by atoms with Gasteiger partial charge in [-0.1, -0.05) is 12.1 Å². The highest BCUT2D eigenvalue weighted by atomic mass is 32.1. The molecule has 1 N–H and O–H groups in total. The summed E-state index contributed by atoms with van der Waals surface area (Å²) in [5, 5.41) is 3.77. The number of nitrogens with one attached hydrogen (secondary N) is 1. The van der Waals surface area contributed by atoms with Crippen LogP contribution >= 0.6 is 11.3 Å². The number of nitrogens with zero attached hydrogens (tertiary/aromatic N) is 1. The molecule has 23 heavy (non-hydrogen) atoms. The Morgan fingerprint density at radius 1 is 1.43 bits per heavy atom. The van der Waals surface area contributed by atoms with Crippen LogP contribution in [0.5, 0.6) is 0 Å². The van der Waals surface area contributed by atoms with E-state index in [-0.39, 0.29) is 17.8 Å². The van der Waals surface area contributed by atoms with Gasteiger partial charge in [0.05, 0.1) is 12.2 Å². The van der Waals surface area contributed by atoms with Crippen molar-refractivity contribution < 1.29 is 13.9 Å². The molecule has 1 saturated heterocycles. The topological polar surface area (TPSA) is 51.2 Å². The van der Waals surface area contributed by atoms with Crippen molar-refractivity contribution in [3.8, 4) is 0 Å². The zero-order valence-electron chi connectivity index (χ0n) is 13.0. The van der Waals surface area contributed by atoms with E-state index in [1.807, 2.05) is 6.92 Å². The first-order valence-corrected chi connectivity index (χ1v) is 8.52. The zero-order chi connectivity index (χ0) is 16.2. The maximum Gasteiger partial charge on any atom is 0.249 e. The Balaban J connectivity index is 1.59. The number of aryl methyl sites for hydroxylation is 1. The lowest BCUT2D eigenvalue weighted by Gasteiger charge is -2.08. The van der Waals surface area contributed by atoms with E-state index in [4.69, 9.17) is 4.74 Å². The molecule has 4 nitrogen and oxygen atoms in total. The van der Waals surface area contributed by atoms with Gasteiger partial charge in [-0.15, -0.1) is 11.3 Å². The zero-order valence-corrected chi connectivity index (χ0v) is 13.8. The van der Waals surface area contributed by atoms with E-state index in [0.717, 1.165) is 40.4 Å².